The highest BCUT2D eigenvalue weighted by Crippen LogP contribution is 2.55. The number of para-hydroxylation sites is 2. The number of rotatable bonds is 7. The van der Waals surface area contributed by atoms with Crippen molar-refractivity contribution in [3.63, 3.8) is 0 Å². The predicted molar refractivity (Wildman–Crippen MR) is 162 cm³/mol. The second-order valence-electron chi connectivity index (χ2n) is 10.3. The molecule has 4 aromatic rings. The second-order valence-corrected chi connectivity index (χ2v) is 12.4. The van der Waals surface area contributed by atoms with Gasteiger partial charge in [-0.05, 0) is 30.3 Å². The fourth-order valence-electron chi connectivity index (χ4n) is 5.66. The van der Waals surface area contributed by atoms with Crippen molar-refractivity contribution >= 4 is 57.9 Å². The first kappa shape index (κ1) is 31.0. The first-order chi connectivity index (χ1) is 21.9. The number of anilines is 2. The van der Waals surface area contributed by atoms with E-state index >= 15 is 0 Å². The van der Waals surface area contributed by atoms with Gasteiger partial charge in [-0.3, -0.25) is 33.9 Å². The number of nitrogens with one attached hydrogen (secondary N) is 1. The molecule has 2 aliphatic rings. The van der Waals surface area contributed by atoms with Gasteiger partial charge >= 0.3 is 11.0 Å². The van der Waals surface area contributed by atoms with E-state index in [9.17, 15) is 42.5 Å². The minimum absolute atomic E-state index is 0.123. The summed E-state index contributed by atoms with van der Waals surface area (Å²) >= 11 is 1.68. The van der Waals surface area contributed by atoms with E-state index in [1.54, 1.807) is 24.3 Å². The lowest BCUT2D eigenvalue weighted by Gasteiger charge is -2.31. The number of methoxy groups -OCH3 is 1. The maximum Gasteiger partial charge on any atom is 0.418 e. The Balaban J connectivity index is 1.41. The molecule has 236 valence electrons. The van der Waals surface area contributed by atoms with Gasteiger partial charge in [0.1, 0.15) is 17.5 Å². The van der Waals surface area contributed by atoms with Crippen LogP contribution in [0.3, 0.4) is 0 Å². The summed E-state index contributed by atoms with van der Waals surface area (Å²) in [5.41, 5.74) is -1.14. The van der Waals surface area contributed by atoms with E-state index in [1.807, 2.05) is 0 Å². The van der Waals surface area contributed by atoms with E-state index in [4.69, 9.17) is 4.74 Å². The number of hydrogen-bond donors (Lipinski definition) is 1. The highest BCUT2D eigenvalue weighted by atomic mass is 32.2. The minimum atomic E-state index is -4.74. The first-order valence-corrected chi connectivity index (χ1v) is 15.2. The van der Waals surface area contributed by atoms with Gasteiger partial charge in [0, 0.05) is 28.5 Å². The molecule has 46 heavy (non-hydrogen) atoms. The lowest BCUT2D eigenvalue weighted by molar-refractivity contribution is -0.384. The zero-order valence-electron chi connectivity index (χ0n) is 23.5. The average Bonchev–Trinajstić information content (AvgIpc) is 3.46. The highest BCUT2D eigenvalue weighted by molar-refractivity contribution is 8.00. The smallest absolute Gasteiger partial charge is 0.418 e. The van der Waals surface area contributed by atoms with Crippen molar-refractivity contribution in [2.45, 2.75) is 28.9 Å². The summed E-state index contributed by atoms with van der Waals surface area (Å²) in [5.74, 6) is -3.63. The van der Waals surface area contributed by atoms with Crippen LogP contribution in [0.15, 0.2) is 82.6 Å². The maximum atomic E-state index is 14.0. The second kappa shape index (κ2) is 11.8. The molecule has 3 amide bonds. The molecule has 1 aromatic heterocycles. The van der Waals surface area contributed by atoms with Crippen molar-refractivity contribution in [2.75, 3.05) is 17.3 Å². The zero-order chi connectivity index (χ0) is 32.9. The van der Waals surface area contributed by atoms with Gasteiger partial charge in [-0.25, -0.2) is 4.90 Å². The molecule has 3 heterocycles. The number of carbonyl (C=O) groups is 3. The van der Waals surface area contributed by atoms with Gasteiger partial charge in [0.05, 0.1) is 39.9 Å². The molecule has 0 bridgehead atoms. The predicted octanol–water partition coefficient (Wildman–Crippen LogP) is 5.28. The van der Waals surface area contributed by atoms with Crippen LogP contribution in [0.2, 0.25) is 0 Å². The number of nitro benzene ring substituents is 1. The summed E-state index contributed by atoms with van der Waals surface area (Å²) in [6.07, 6.45) is -4.74. The van der Waals surface area contributed by atoms with Crippen molar-refractivity contribution in [3.8, 4) is 5.75 Å². The van der Waals surface area contributed by atoms with Crippen molar-refractivity contribution in [3.05, 3.63) is 109 Å². The molecule has 0 spiro atoms. The summed E-state index contributed by atoms with van der Waals surface area (Å²) in [5, 5.41) is 12.5. The summed E-state index contributed by atoms with van der Waals surface area (Å²) < 4.78 is 47.2. The number of nitro groups is 1. The zero-order valence-corrected chi connectivity index (χ0v) is 25.2. The van der Waals surface area contributed by atoms with Crippen LogP contribution in [-0.2, 0) is 27.1 Å². The van der Waals surface area contributed by atoms with E-state index in [0.717, 1.165) is 44.7 Å². The number of amides is 3. The van der Waals surface area contributed by atoms with Gasteiger partial charge in [-0.2, -0.15) is 13.2 Å². The largest absolute Gasteiger partial charge is 0.496 e. The lowest BCUT2D eigenvalue weighted by Crippen LogP contribution is -2.33. The van der Waals surface area contributed by atoms with Crippen molar-refractivity contribution in [2.24, 2.45) is 5.92 Å². The number of non-ortho nitro benzene ring substituents is 1. The third-order valence-corrected chi connectivity index (χ3v) is 10.3. The lowest BCUT2D eigenvalue weighted by atomic mass is 9.82. The molecule has 3 aromatic carbocycles. The fraction of sp³-hybridized carbons (Fsp3) is 0.200. The van der Waals surface area contributed by atoms with Crippen molar-refractivity contribution < 1.29 is 37.2 Å². The molecular formula is C30H21F3N4O7S2. The van der Waals surface area contributed by atoms with Crippen LogP contribution in [0, 0.1) is 16.0 Å². The van der Waals surface area contributed by atoms with Crippen molar-refractivity contribution in [1.29, 1.82) is 0 Å². The number of aromatic nitrogens is 1. The number of halogens is 3. The molecule has 6 rings (SSSR count). The quantitative estimate of drug-likeness (QED) is 0.159. The minimum Gasteiger partial charge on any atom is -0.496 e. The van der Waals surface area contributed by atoms with Gasteiger partial charge in [0.25, 0.3) is 5.69 Å². The number of hydrogen-bond acceptors (Lipinski definition) is 9. The summed E-state index contributed by atoms with van der Waals surface area (Å²) in [4.78, 5) is 65.6. The number of benzene rings is 3. The summed E-state index contributed by atoms with van der Waals surface area (Å²) in [7, 11) is 1.43. The van der Waals surface area contributed by atoms with Gasteiger partial charge in [0.2, 0.25) is 17.7 Å². The number of nitrogens with zero attached hydrogens (tertiary/aromatic N) is 3. The number of thiazole rings is 1. The van der Waals surface area contributed by atoms with Crippen LogP contribution in [0.1, 0.15) is 21.9 Å². The molecule has 0 radical (unpaired) electrons. The Kier molecular flexibility index (Phi) is 7.93. The molecule has 1 saturated heterocycles. The number of alkyl halides is 3. The van der Waals surface area contributed by atoms with Gasteiger partial charge in [0.15, 0.2) is 0 Å². The first-order valence-electron chi connectivity index (χ1n) is 13.5. The molecular weight excluding hydrogens is 649 g/mol. The van der Waals surface area contributed by atoms with Gasteiger partial charge in [-0.1, -0.05) is 53.4 Å². The molecule has 2 aliphatic heterocycles. The average molecular weight is 671 g/mol. The number of ether oxygens (including phenoxy) is 1. The van der Waals surface area contributed by atoms with Crippen LogP contribution in [0.5, 0.6) is 5.75 Å². The van der Waals surface area contributed by atoms with Crippen LogP contribution in [-0.4, -0.2) is 39.6 Å². The topological polar surface area (TPSA) is 141 Å². The Morgan fingerprint density at radius 2 is 1.67 bits per heavy atom. The van der Waals surface area contributed by atoms with Crippen LogP contribution in [0.25, 0.3) is 0 Å². The van der Waals surface area contributed by atoms with Crippen LogP contribution >= 0.6 is 23.1 Å². The highest BCUT2D eigenvalue weighted by Gasteiger charge is 2.57. The summed E-state index contributed by atoms with van der Waals surface area (Å²) in [6, 6.07) is 16.1. The normalized spacial score (nSPS) is 19.0. The Labute approximate surface area is 265 Å². The number of thioether (sulfide) groups is 1. The number of carbonyl (C=O) groups excluding carboxylic acids is 3. The Morgan fingerprint density at radius 1 is 1.00 bits per heavy atom. The monoisotopic (exact) mass is 670 g/mol. The molecule has 0 saturated carbocycles. The maximum absolute atomic E-state index is 14.0. The standard InChI is InChI=1S/C30H21F3N4O7S2/c1-44-20-9-5-2-6-17(20)22-23-24(27(40)36(26(23)39)15-10-12-16(13-11-15)37(42)43)45-28-25(22)46-29(41)35(28)14-21(38)34-19-8-4-3-7-18(19)30(31,32)33/h2-13,22-24H,14H2,1H3,(H,34,38)/t22-,23-,24+/m0/s1. The van der Waals surface area contributed by atoms with Crippen LogP contribution in [0.4, 0.5) is 30.2 Å². The number of fused-ring (bicyclic) bond motifs is 2. The molecule has 0 aliphatic carbocycles. The molecule has 0 unspecified atom stereocenters. The molecule has 1 fully saturated rings. The SMILES string of the molecule is COc1ccccc1[C@@H]1c2sc(=O)n(CC(=O)Nc3ccccc3C(F)(F)F)c2S[C@H]2C(=O)N(c3ccc([N+](=O)[O-])cc3)C(=O)[C@@H]12. The summed E-state index contributed by atoms with van der Waals surface area (Å²) in [6.45, 7) is -0.659. The molecule has 1 N–H and O–H groups in total. The molecule has 16 heteroatoms. The van der Waals surface area contributed by atoms with Crippen molar-refractivity contribution in [1.82, 2.24) is 4.57 Å². The third-order valence-electron chi connectivity index (χ3n) is 7.65. The van der Waals surface area contributed by atoms with Crippen LogP contribution < -0.4 is 19.8 Å². The molecule has 3 atom stereocenters. The Morgan fingerprint density at radius 3 is 2.35 bits per heavy atom. The van der Waals surface area contributed by atoms with Gasteiger partial charge in [-0.15, -0.1) is 0 Å². The fourth-order valence-corrected chi connectivity index (χ4v) is 8.43. The van der Waals surface area contributed by atoms with E-state index in [-0.39, 0.29) is 16.4 Å². The van der Waals surface area contributed by atoms with E-state index in [1.165, 1.54) is 43.5 Å². The Hall–Kier alpha value is -4.96. The van der Waals surface area contributed by atoms with Gasteiger partial charge < -0.3 is 10.1 Å². The van der Waals surface area contributed by atoms with E-state index in [0.29, 0.717) is 16.2 Å². The number of imide groups is 1. The van der Waals surface area contributed by atoms with E-state index < -0.39 is 68.6 Å². The van der Waals surface area contributed by atoms with E-state index in [2.05, 4.69) is 5.32 Å². The third kappa shape index (κ3) is 5.32. The Bertz CT molecular complexity index is 1960. The molecule has 11 nitrogen and oxygen atoms in total.